The Morgan fingerprint density at radius 3 is 2.88 bits per heavy atom. The Hall–Kier alpha value is -1.06. The molecule has 1 aliphatic heterocycles. The Labute approximate surface area is 104 Å². The van der Waals surface area contributed by atoms with E-state index in [4.69, 9.17) is 4.74 Å². The van der Waals surface area contributed by atoms with E-state index in [0.717, 1.165) is 32.7 Å². The maximum Gasteiger partial charge on any atom is 0.0620 e. The monoisotopic (exact) mass is 234 g/mol. The summed E-state index contributed by atoms with van der Waals surface area (Å²) in [5.41, 5.74) is 1.29. The van der Waals surface area contributed by atoms with Gasteiger partial charge in [-0.2, -0.15) is 0 Å². The lowest BCUT2D eigenvalue weighted by Crippen LogP contribution is -2.32. The number of anilines is 1. The first-order valence-corrected chi connectivity index (χ1v) is 6.43. The Kier molecular flexibility index (Phi) is 4.83. The van der Waals surface area contributed by atoms with Crippen LogP contribution in [0.1, 0.15) is 12.8 Å². The molecule has 1 aliphatic rings. The molecule has 1 aromatic rings. The molecule has 0 saturated carbocycles. The second-order valence-corrected chi connectivity index (χ2v) is 4.63. The van der Waals surface area contributed by atoms with Crippen LogP contribution in [-0.4, -0.2) is 39.4 Å². The van der Waals surface area contributed by atoms with Crippen LogP contribution in [0.15, 0.2) is 30.3 Å². The van der Waals surface area contributed by atoms with Crippen molar-refractivity contribution in [2.24, 2.45) is 0 Å². The van der Waals surface area contributed by atoms with Crippen LogP contribution in [0.5, 0.6) is 0 Å². The standard InChI is InChI=1S/C14H22N2O/c1-16(14-6-3-2-4-7-14)10-5-9-15-13-8-11-17-12-13/h2-4,6-7,13,15H,5,8-12H2,1H3. The molecule has 1 atom stereocenters. The fourth-order valence-electron chi connectivity index (χ4n) is 2.13. The van der Waals surface area contributed by atoms with Crippen molar-refractivity contribution in [3.63, 3.8) is 0 Å². The number of ether oxygens (including phenoxy) is 1. The van der Waals surface area contributed by atoms with Gasteiger partial charge in [0.1, 0.15) is 0 Å². The Morgan fingerprint density at radius 2 is 2.18 bits per heavy atom. The van der Waals surface area contributed by atoms with Gasteiger partial charge in [0.2, 0.25) is 0 Å². The van der Waals surface area contributed by atoms with Crippen LogP contribution in [0.4, 0.5) is 5.69 Å². The minimum atomic E-state index is 0.581. The molecule has 0 aliphatic carbocycles. The third-order valence-corrected chi connectivity index (χ3v) is 3.23. The number of rotatable bonds is 6. The first kappa shape index (κ1) is 12.4. The summed E-state index contributed by atoms with van der Waals surface area (Å²) in [7, 11) is 2.15. The highest BCUT2D eigenvalue weighted by molar-refractivity contribution is 5.44. The van der Waals surface area contributed by atoms with Crippen molar-refractivity contribution in [3.8, 4) is 0 Å². The van der Waals surface area contributed by atoms with Gasteiger partial charge in [0.25, 0.3) is 0 Å². The fourth-order valence-corrected chi connectivity index (χ4v) is 2.13. The fraction of sp³-hybridized carbons (Fsp3) is 0.571. The zero-order valence-corrected chi connectivity index (χ0v) is 10.6. The van der Waals surface area contributed by atoms with Gasteiger partial charge >= 0.3 is 0 Å². The molecule has 0 aromatic heterocycles. The number of para-hydroxylation sites is 1. The minimum absolute atomic E-state index is 0.581. The van der Waals surface area contributed by atoms with Crippen molar-refractivity contribution in [2.75, 3.05) is 38.3 Å². The first-order chi connectivity index (χ1) is 8.36. The summed E-state index contributed by atoms with van der Waals surface area (Å²) in [6, 6.07) is 11.1. The summed E-state index contributed by atoms with van der Waals surface area (Å²) in [4.78, 5) is 2.30. The van der Waals surface area contributed by atoms with E-state index >= 15 is 0 Å². The van der Waals surface area contributed by atoms with E-state index in [9.17, 15) is 0 Å². The van der Waals surface area contributed by atoms with E-state index in [0.29, 0.717) is 6.04 Å². The zero-order valence-electron chi connectivity index (χ0n) is 10.6. The molecular weight excluding hydrogens is 212 g/mol. The molecule has 1 N–H and O–H groups in total. The smallest absolute Gasteiger partial charge is 0.0620 e. The molecule has 94 valence electrons. The lowest BCUT2D eigenvalue weighted by Gasteiger charge is -2.19. The summed E-state index contributed by atoms with van der Waals surface area (Å²) in [6.45, 7) is 3.96. The van der Waals surface area contributed by atoms with Crippen LogP contribution in [0.25, 0.3) is 0 Å². The van der Waals surface area contributed by atoms with Gasteiger partial charge in [-0.1, -0.05) is 18.2 Å². The predicted octanol–water partition coefficient (Wildman–Crippen LogP) is 1.89. The van der Waals surface area contributed by atoms with Crippen LogP contribution in [0, 0.1) is 0 Å². The number of nitrogens with one attached hydrogen (secondary N) is 1. The molecule has 1 aromatic carbocycles. The average molecular weight is 234 g/mol. The van der Waals surface area contributed by atoms with E-state index in [2.05, 4.69) is 47.6 Å². The van der Waals surface area contributed by atoms with E-state index in [-0.39, 0.29) is 0 Å². The summed E-state index contributed by atoms with van der Waals surface area (Å²) in [6.07, 6.45) is 2.33. The first-order valence-electron chi connectivity index (χ1n) is 6.43. The van der Waals surface area contributed by atoms with Crippen LogP contribution < -0.4 is 10.2 Å². The molecule has 0 amide bonds. The van der Waals surface area contributed by atoms with Crippen molar-refractivity contribution in [3.05, 3.63) is 30.3 Å². The Bertz CT molecular complexity index is 309. The number of hydrogen-bond donors (Lipinski definition) is 1. The van der Waals surface area contributed by atoms with Crippen molar-refractivity contribution in [1.82, 2.24) is 5.32 Å². The lowest BCUT2D eigenvalue weighted by atomic mass is 10.2. The largest absolute Gasteiger partial charge is 0.380 e. The van der Waals surface area contributed by atoms with Crippen LogP contribution in [0.2, 0.25) is 0 Å². The number of hydrogen-bond acceptors (Lipinski definition) is 3. The van der Waals surface area contributed by atoms with E-state index < -0.39 is 0 Å². The normalized spacial score (nSPS) is 19.5. The summed E-state index contributed by atoms with van der Waals surface area (Å²) in [5, 5.41) is 3.54. The molecule has 3 heteroatoms. The van der Waals surface area contributed by atoms with E-state index in [1.165, 1.54) is 12.1 Å². The SMILES string of the molecule is CN(CCCNC1CCOC1)c1ccccc1. The highest BCUT2D eigenvalue weighted by Gasteiger charge is 2.13. The molecule has 0 radical (unpaired) electrons. The van der Waals surface area contributed by atoms with Gasteiger partial charge in [-0.25, -0.2) is 0 Å². The molecule has 0 bridgehead atoms. The predicted molar refractivity (Wildman–Crippen MR) is 71.6 cm³/mol. The maximum absolute atomic E-state index is 5.33. The summed E-state index contributed by atoms with van der Waals surface area (Å²) in [5.74, 6) is 0. The number of nitrogens with zero attached hydrogens (tertiary/aromatic N) is 1. The third kappa shape index (κ3) is 4.02. The Balaban J connectivity index is 1.61. The van der Waals surface area contributed by atoms with Gasteiger partial charge < -0.3 is 15.0 Å². The van der Waals surface area contributed by atoms with Gasteiger partial charge in [0, 0.05) is 31.9 Å². The second-order valence-electron chi connectivity index (χ2n) is 4.63. The highest BCUT2D eigenvalue weighted by Crippen LogP contribution is 2.10. The molecule has 3 nitrogen and oxygen atoms in total. The quantitative estimate of drug-likeness (QED) is 0.761. The number of benzene rings is 1. The lowest BCUT2D eigenvalue weighted by molar-refractivity contribution is 0.190. The Morgan fingerprint density at radius 1 is 1.35 bits per heavy atom. The minimum Gasteiger partial charge on any atom is -0.380 e. The molecule has 1 fully saturated rings. The molecule has 1 heterocycles. The molecular formula is C14H22N2O. The molecule has 1 saturated heterocycles. The zero-order chi connectivity index (χ0) is 11.9. The molecule has 2 rings (SSSR count). The maximum atomic E-state index is 5.33. The van der Waals surface area contributed by atoms with Crippen molar-refractivity contribution in [1.29, 1.82) is 0 Å². The molecule has 1 unspecified atom stereocenters. The topological polar surface area (TPSA) is 24.5 Å². The van der Waals surface area contributed by atoms with Crippen LogP contribution in [0.3, 0.4) is 0 Å². The van der Waals surface area contributed by atoms with E-state index in [1.807, 2.05) is 0 Å². The highest BCUT2D eigenvalue weighted by atomic mass is 16.5. The van der Waals surface area contributed by atoms with Gasteiger partial charge in [-0.05, 0) is 31.5 Å². The van der Waals surface area contributed by atoms with Crippen molar-refractivity contribution < 1.29 is 4.74 Å². The third-order valence-electron chi connectivity index (χ3n) is 3.23. The average Bonchev–Trinajstić information content (AvgIpc) is 2.88. The van der Waals surface area contributed by atoms with Crippen LogP contribution in [-0.2, 0) is 4.74 Å². The molecule has 17 heavy (non-hydrogen) atoms. The van der Waals surface area contributed by atoms with Gasteiger partial charge in [-0.3, -0.25) is 0 Å². The van der Waals surface area contributed by atoms with Gasteiger partial charge in [0.15, 0.2) is 0 Å². The van der Waals surface area contributed by atoms with Crippen LogP contribution >= 0.6 is 0 Å². The van der Waals surface area contributed by atoms with Gasteiger partial charge in [-0.15, -0.1) is 0 Å². The second kappa shape index (κ2) is 6.62. The van der Waals surface area contributed by atoms with Crippen molar-refractivity contribution >= 4 is 5.69 Å². The summed E-state index contributed by atoms with van der Waals surface area (Å²) < 4.78 is 5.33. The summed E-state index contributed by atoms with van der Waals surface area (Å²) >= 11 is 0. The van der Waals surface area contributed by atoms with Gasteiger partial charge in [0.05, 0.1) is 6.61 Å². The molecule has 0 spiro atoms. The van der Waals surface area contributed by atoms with E-state index in [1.54, 1.807) is 0 Å². The van der Waals surface area contributed by atoms with Crippen molar-refractivity contribution in [2.45, 2.75) is 18.9 Å².